The molecule has 0 fully saturated rings. The molecule has 0 aliphatic rings. The van der Waals surface area contributed by atoms with Crippen molar-refractivity contribution in [3.05, 3.63) is 0 Å². The van der Waals surface area contributed by atoms with Crippen LogP contribution in [0.15, 0.2) is 0 Å². The first-order valence-corrected chi connectivity index (χ1v) is 2.42. The van der Waals surface area contributed by atoms with Gasteiger partial charge in [-0.25, -0.2) is 0 Å². The van der Waals surface area contributed by atoms with E-state index in [1.54, 1.807) is 0 Å². The van der Waals surface area contributed by atoms with Crippen LogP contribution < -0.4 is 11.5 Å². The van der Waals surface area contributed by atoms with Gasteiger partial charge in [-0.2, -0.15) is 0 Å². The summed E-state index contributed by atoms with van der Waals surface area (Å²) in [6.07, 6.45) is -1.82. The standard InChI is InChI=1S/C4H8N2O4/c5-1(4(9)10)2(7)3(6)8/h1-2,7H,5H2,(H2,6,8)(H,9,10)/t1-,2?/m0/s1. The molecule has 0 rings (SSSR count). The van der Waals surface area contributed by atoms with Crippen LogP contribution in [0.4, 0.5) is 0 Å². The second kappa shape index (κ2) is 3.14. The number of primary amides is 1. The Hall–Kier alpha value is -1.14. The second-order valence-corrected chi connectivity index (χ2v) is 1.71. The van der Waals surface area contributed by atoms with E-state index in [9.17, 15) is 9.59 Å². The topological polar surface area (TPSA) is 127 Å². The zero-order valence-electron chi connectivity index (χ0n) is 5.02. The Morgan fingerprint density at radius 2 is 1.80 bits per heavy atom. The Labute approximate surface area is 56.4 Å². The largest absolute Gasteiger partial charge is 0.480 e. The fourth-order valence-electron chi connectivity index (χ4n) is 0.312. The van der Waals surface area contributed by atoms with Crippen molar-refractivity contribution in [1.82, 2.24) is 0 Å². The number of carbonyl (C=O) groups is 2. The number of hydrogen-bond donors (Lipinski definition) is 4. The summed E-state index contributed by atoms with van der Waals surface area (Å²) in [5.41, 5.74) is 9.35. The Morgan fingerprint density at radius 1 is 1.40 bits per heavy atom. The number of rotatable bonds is 3. The van der Waals surface area contributed by atoms with Gasteiger partial charge in [0.2, 0.25) is 5.91 Å². The number of carbonyl (C=O) groups excluding carboxylic acids is 1. The first-order chi connectivity index (χ1) is 4.46. The molecule has 0 spiro atoms. The minimum absolute atomic E-state index is 1.14. The Bertz CT molecular complexity index is 139. The van der Waals surface area contributed by atoms with Gasteiger partial charge in [-0.1, -0.05) is 0 Å². The maximum atomic E-state index is 10.1. The quantitative estimate of drug-likeness (QED) is 0.345. The van der Waals surface area contributed by atoms with E-state index in [1.807, 2.05) is 0 Å². The summed E-state index contributed by atoms with van der Waals surface area (Å²) in [6, 6.07) is -1.64. The van der Waals surface area contributed by atoms with Crippen molar-refractivity contribution in [1.29, 1.82) is 0 Å². The van der Waals surface area contributed by atoms with Crippen LogP contribution in [0.25, 0.3) is 0 Å². The third kappa shape index (κ3) is 2.00. The highest BCUT2D eigenvalue weighted by atomic mass is 16.4. The van der Waals surface area contributed by atoms with Crippen LogP contribution in [0, 0.1) is 0 Å². The van der Waals surface area contributed by atoms with Gasteiger partial charge < -0.3 is 21.7 Å². The van der Waals surface area contributed by atoms with Crippen LogP contribution in [0.2, 0.25) is 0 Å². The number of nitrogens with two attached hydrogens (primary N) is 2. The van der Waals surface area contributed by atoms with E-state index in [0.717, 1.165) is 0 Å². The Morgan fingerprint density at radius 3 is 1.90 bits per heavy atom. The average Bonchev–Trinajstić information content (AvgIpc) is 1.84. The molecule has 0 aromatic heterocycles. The first-order valence-electron chi connectivity index (χ1n) is 2.42. The van der Waals surface area contributed by atoms with Gasteiger partial charge in [0.25, 0.3) is 0 Å². The maximum Gasteiger partial charge on any atom is 0.323 e. The third-order valence-electron chi connectivity index (χ3n) is 0.917. The normalized spacial score (nSPS) is 15.8. The Kier molecular flexibility index (Phi) is 2.78. The van der Waals surface area contributed by atoms with Crippen molar-refractivity contribution >= 4 is 11.9 Å². The van der Waals surface area contributed by atoms with Crippen LogP contribution >= 0.6 is 0 Å². The van der Waals surface area contributed by atoms with Crippen molar-refractivity contribution in [2.45, 2.75) is 12.1 Å². The van der Waals surface area contributed by atoms with Gasteiger partial charge in [0.05, 0.1) is 0 Å². The molecular weight excluding hydrogens is 140 g/mol. The van der Waals surface area contributed by atoms with Gasteiger partial charge in [-0.05, 0) is 0 Å². The van der Waals surface area contributed by atoms with Crippen molar-refractivity contribution in [3.8, 4) is 0 Å². The molecule has 6 heteroatoms. The average molecular weight is 148 g/mol. The van der Waals surface area contributed by atoms with Gasteiger partial charge in [-0.3, -0.25) is 9.59 Å². The third-order valence-corrected chi connectivity index (χ3v) is 0.917. The molecule has 10 heavy (non-hydrogen) atoms. The van der Waals surface area contributed by atoms with Gasteiger partial charge in [0.15, 0.2) is 6.10 Å². The van der Waals surface area contributed by atoms with Crippen molar-refractivity contribution in [2.24, 2.45) is 11.5 Å². The maximum absolute atomic E-state index is 10.1. The summed E-state index contributed by atoms with van der Waals surface area (Å²) in [5.74, 6) is -2.61. The molecule has 0 saturated heterocycles. The number of aliphatic hydroxyl groups excluding tert-OH is 1. The lowest BCUT2D eigenvalue weighted by Gasteiger charge is -2.09. The second-order valence-electron chi connectivity index (χ2n) is 1.71. The highest BCUT2D eigenvalue weighted by molar-refractivity contribution is 5.87. The molecule has 0 bridgehead atoms. The van der Waals surface area contributed by atoms with Crippen LogP contribution in [0.3, 0.4) is 0 Å². The molecule has 0 aliphatic heterocycles. The molecule has 1 amide bonds. The lowest BCUT2D eigenvalue weighted by atomic mass is 10.2. The van der Waals surface area contributed by atoms with Crippen molar-refractivity contribution in [2.75, 3.05) is 0 Å². The van der Waals surface area contributed by atoms with Crippen LogP contribution in [0.5, 0.6) is 0 Å². The fourth-order valence-corrected chi connectivity index (χ4v) is 0.312. The van der Waals surface area contributed by atoms with E-state index in [1.165, 1.54) is 0 Å². The van der Waals surface area contributed by atoms with E-state index in [0.29, 0.717) is 0 Å². The van der Waals surface area contributed by atoms with Crippen molar-refractivity contribution in [3.63, 3.8) is 0 Å². The zero-order chi connectivity index (χ0) is 8.31. The van der Waals surface area contributed by atoms with Crippen molar-refractivity contribution < 1.29 is 19.8 Å². The summed E-state index contributed by atoms with van der Waals surface area (Å²) < 4.78 is 0. The van der Waals surface area contributed by atoms with Gasteiger partial charge in [0.1, 0.15) is 6.04 Å². The minimum atomic E-state index is -1.82. The van der Waals surface area contributed by atoms with E-state index in [2.05, 4.69) is 5.73 Å². The van der Waals surface area contributed by atoms with E-state index >= 15 is 0 Å². The molecule has 0 aromatic carbocycles. The fraction of sp³-hybridized carbons (Fsp3) is 0.500. The number of carboxylic acids is 1. The highest BCUT2D eigenvalue weighted by Crippen LogP contribution is 1.87. The first kappa shape index (κ1) is 8.86. The molecule has 6 nitrogen and oxygen atoms in total. The van der Waals surface area contributed by atoms with E-state index < -0.39 is 24.0 Å². The molecule has 0 aromatic rings. The predicted molar refractivity (Wildman–Crippen MR) is 30.8 cm³/mol. The molecule has 0 heterocycles. The number of aliphatic hydroxyl groups is 1. The summed E-state index contributed by atoms with van der Waals surface area (Å²) in [7, 11) is 0. The molecule has 0 saturated carbocycles. The van der Waals surface area contributed by atoms with Gasteiger partial charge >= 0.3 is 5.97 Å². The molecule has 58 valence electrons. The zero-order valence-corrected chi connectivity index (χ0v) is 5.02. The van der Waals surface area contributed by atoms with Gasteiger partial charge in [0, 0.05) is 0 Å². The van der Waals surface area contributed by atoms with E-state index in [4.69, 9.17) is 15.9 Å². The summed E-state index contributed by atoms with van der Waals surface area (Å²) in [4.78, 5) is 20.0. The lowest BCUT2D eigenvalue weighted by Crippen LogP contribution is -2.48. The highest BCUT2D eigenvalue weighted by Gasteiger charge is 2.26. The SMILES string of the molecule is NC(=O)C(O)[C@H](N)C(=O)O. The minimum Gasteiger partial charge on any atom is -0.480 e. The number of amides is 1. The van der Waals surface area contributed by atoms with Crippen LogP contribution in [-0.2, 0) is 9.59 Å². The molecule has 0 aliphatic carbocycles. The summed E-state index contributed by atoms with van der Waals surface area (Å²) in [6.45, 7) is 0. The predicted octanol–water partition coefficient (Wildman–Crippen LogP) is -2.76. The molecule has 0 radical (unpaired) electrons. The van der Waals surface area contributed by atoms with Crippen LogP contribution in [0.1, 0.15) is 0 Å². The smallest absolute Gasteiger partial charge is 0.323 e. The van der Waals surface area contributed by atoms with E-state index in [-0.39, 0.29) is 0 Å². The summed E-state index contributed by atoms with van der Waals surface area (Å²) in [5, 5.41) is 16.7. The molecule has 6 N–H and O–H groups in total. The summed E-state index contributed by atoms with van der Waals surface area (Å²) >= 11 is 0. The number of carboxylic acid groups (broad SMARTS) is 1. The van der Waals surface area contributed by atoms with Gasteiger partial charge in [-0.15, -0.1) is 0 Å². The number of hydrogen-bond acceptors (Lipinski definition) is 4. The number of aliphatic carboxylic acids is 1. The van der Waals surface area contributed by atoms with Crippen LogP contribution in [-0.4, -0.2) is 34.2 Å². The molecular formula is C4H8N2O4. The molecule has 1 unspecified atom stereocenters. The Balaban J connectivity index is 4.07. The monoisotopic (exact) mass is 148 g/mol. The lowest BCUT2D eigenvalue weighted by molar-refractivity contribution is -0.145. The molecule has 2 atom stereocenters.